The van der Waals surface area contributed by atoms with Gasteiger partial charge in [0.15, 0.2) is 0 Å². The number of nitrogens with zero attached hydrogens (tertiary/aromatic N) is 1. The molecule has 0 radical (unpaired) electrons. The minimum Gasteiger partial charge on any atom is -0.361 e. The van der Waals surface area contributed by atoms with E-state index < -0.39 is 0 Å². The lowest BCUT2D eigenvalue weighted by molar-refractivity contribution is 0.0951. The molecular formula is C20H20N4O2. The predicted molar refractivity (Wildman–Crippen MR) is 99.2 cm³/mol. The summed E-state index contributed by atoms with van der Waals surface area (Å²) in [6.45, 7) is 0. The zero-order chi connectivity index (χ0) is 18.1. The largest absolute Gasteiger partial charge is 0.361 e. The van der Waals surface area contributed by atoms with E-state index in [2.05, 4.69) is 20.6 Å². The molecule has 3 aromatic rings. The van der Waals surface area contributed by atoms with Crippen LogP contribution in [-0.2, 0) is 6.42 Å². The van der Waals surface area contributed by atoms with Gasteiger partial charge in [0.05, 0.1) is 0 Å². The van der Waals surface area contributed by atoms with Gasteiger partial charge in [0.25, 0.3) is 11.8 Å². The van der Waals surface area contributed by atoms with Crippen LogP contribution in [0.3, 0.4) is 0 Å². The number of aromatic amines is 1. The van der Waals surface area contributed by atoms with Crippen molar-refractivity contribution in [3.8, 4) is 0 Å². The van der Waals surface area contributed by atoms with Crippen LogP contribution in [0.5, 0.6) is 0 Å². The number of amides is 2. The van der Waals surface area contributed by atoms with E-state index in [1.165, 1.54) is 0 Å². The maximum absolute atomic E-state index is 12.5. The summed E-state index contributed by atoms with van der Waals surface area (Å²) in [7, 11) is 1.56. The number of nitrogens with one attached hydrogen (secondary N) is 3. The molecule has 1 fully saturated rings. The summed E-state index contributed by atoms with van der Waals surface area (Å²) in [5.41, 5.74) is 3.57. The molecule has 1 aliphatic rings. The monoisotopic (exact) mass is 348 g/mol. The van der Waals surface area contributed by atoms with Gasteiger partial charge in [0.1, 0.15) is 5.69 Å². The highest BCUT2D eigenvalue weighted by Gasteiger charge is 2.24. The molecule has 0 bridgehead atoms. The number of carbonyl (C=O) groups is 2. The molecule has 132 valence electrons. The fraction of sp³-hybridized carbons (Fsp3) is 0.250. The van der Waals surface area contributed by atoms with Gasteiger partial charge in [0, 0.05) is 47.9 Å². The summed E-state index contributed by atoms with van der Waals surface area (Å²) >= 11 is 0. The average molecular weight is 348 g/mol. The van der Waals surface area contributed by atoms with Gasteiger partial charge in [-0.1, -0.05) is 12.1 Å². The van der Waals surface area contributed by atoms with Gasteiger partial charge in [-0.15, -0.1) is 0 Å². The summed E-state index contributed by atoms with van der Waals surface area (Å²) < 4.78 is 0. The molecule has 0 unspecified atom stereocenters. The van der Waals surface area contributed by atoms with Gasteiger partial charge in [0.2, 0.25) is 0 Å². The quantitative estimate of drug-likeness (QED) is 0.662. The highest BCUT2D eigenvalue weighted by atomic mass is 16.2. The number of benzene rings is 1. The number of rotatable bonds is 5. The van der Waals surface area contributed by atoms with Crippen LogP contribution in [0.4, 0.5) is 0 Å². The van der Waals surface area contributed by atoms with Crippen molar-refractivity contribution in [2.24, 2.45) is 0 Å². The lowest BCUT2D eigenvalue weighted by Crippen LogP contribution is -2.27. The second kappa shape index (κ2) is 6.63. The molecule has 4 rings (SSSR count). The normalized spacial score (nSPS) is 13.6. The van der Waals surface area contributed by atoms with Crippen LogP contribution in [0.1, 0.15) is 44.9 Å². The Kier molecular flexibility index (Phi) is 4.16. The van der Waals surface area contributed by atoms with E-state index >= 15 is 0 Å². The van der Waals surface area contributed by atoms with Gasteiger partial charge >= 0.3 is 0 Å². The van der Waals surface area contributed by atoms with Crippen LogP contribution < -0.4 is 10.6 Å². The molecular weight excluding hydrogens is 328 g/mol. The van der Waals surface area contributed by atoms with Gasteiger partial charge in [-0.25, -0.2) is 4.98 Å². The molecule has 26 heavy (non-hydrogen) atoms. The third-order valence-corrected chi connectivity index (χ3v) is 4.57. The van der Waals surface area contributed by atoms with Crippen molar-refractivity contribution in [1.29, 1.82) is 0 Å². The smallest absolute Gasteiger partial charge is 0.269 e. The predicted octanol–water partition coefficient (Wildman–Crippen LogP) is 2.41. The van der Waals surface area contributed by atoms with Crippen LogP contribution in [0.25, 0.3) is 10.9 Å². The molecule has 2 heterocycles. The Bertz CT molecular complexity index is 988. The van der Waals surface area contributed by atoms with Gasteiger partial charge < -0.3 is 15.6 Å². The summed E-state index contributed by atoms with van der Waals surface area (Å²) in [5.74, 6) is -0.451. The number of carbonyl (C=O) groups excluding carboxylic acids is 2. The first-order valence-corrected chi connectivity index (χ1v) is 8.73. The minimum absolute atomic E-state index is 0.152. The van der Waals surface area contributed by atoms with Gasteiger partial charge in [-0.2, -0.15) is 0 Å². The van der Waals surface area contributed by atoms with E-state index in [-0.39, 0.29) is 23.6 Å². The molecule has 2 amide bonds. The molecule has 3 N–H and O–H groups in total. The Hall–Kier alpha value is -3.15. The average Bonchev–Trinajstić information content (AvgIpc) is 3.33. The fourth-order valence-corrected chi connectivity index (χ4v) is 3.05. The molecule has 1 aliphatic carbocycles. The van der Waals surface area contributed by atoms with Crippen LogP contribution in [-0.4, -0.2) is 34.9 Å². The molecule has 0 saturated heterocycles. The number of pyridine rings is 1. The molecule has 0 spiro atoms. The molecule has 0 aliphatic heterocycles. The number of hydrogen-bond donors (Lipinski definition) is 3. The maximum Gasteiger partial charge on any atom is 0.269 e. The summed E-state index contributed by atoms with van der Waals surface area (Å²) in [6.07, 6.45) is 4.48. The zero-order valence-electron chi connectivity index (χ0n) is 14.5. The van der Waals surface area contributed by atoms with E-state index in [9.17, 15) is 9.59 Å². The van der Waals surface area contributed by atoms with Crippen molar-refractivity contribution in [3.05, 3.63) is 65.1 Å². The molecule has 1 saturated carbocycles. The first-order chi connectivity index (χ1) is 12.6. The van der Waals surface area contributed by atoms with Crippen molar-refractivity contribution in [2.45, 2.75) is 25.3 Å². The van der Waals surface area contributed by atoms with E-state index in [1.807, 2.05) is 30.5 Å². The van der Waals surface area contributed by atoms with Crippen molar-refractivity contribution >= 4 is 22.7 Å². The van der Waals surface area contributed by atoms with Crippen molar-refractivity contribution < 1.29 is 9.59 Å². The van der Waals surface area contributed by atoms with E-state index in [0.29, 0.717) is 17.7 Å². The fourth-order valence-electron chi connectivity index (χ4n) is 3.05. The topological polar surface area (TPSA) is 86.9 Å². The summed E-state index contributed by atoms with van der Waals surface area (Å²) in [4.78, 5) is 32.2. The second-order valence-electron chi connectivity index (χ2n) is 6.59. The molecule has 1 aromatic carbocycles. The SMILES string of the molecule is CNC(=O)c1cc(C(=O)NC2CC2)cc(Cc2cccc3[nH]ccc23)n1. The zero-order valence-corrected chi connectivity index (χ0v) is 14.5. The Morgan fingerprint density at radius 2 is 2.04 bits per heavy atom. The van der Waals surface area contributed by atoms with E-state index in [0.717, 1.165) is 29.3 Å². The standard InChI is InChI=1S/C20H20N4O2/c1-21-20(26)18-11-13(19(25)24-14-5-6-14)10-15(23-18)9-12-3-2-4-17-16(12)7-8-22-17/h2-4,7-8,10-11,14,22H,5-6,9H2,1H3,(H,21,26)(H,24,25). The summed E-state index contributed by atoms with van der Waals surface area (Å²) in [5, 5.41) is 6.66. The Morgan fingerprint density at radius 3 is 2.81 bits per heavy atom. The Labute approximate surface area is 151 Å². The van der Waals surface area contributed by atoms with E-state index in [1.54, 1.807) is 19.2 Å². The van der Waals surface area contributed by atoms with Crippen molar-refractivity contribution in [2.75, 3.05) is 7.05 Å². The molecule has 6 nitrogen and oxygen atoms in total. The molecule has 2 aromatic heterocycles. The number of fused-ring (bicyclic) bond motifs is 1. The maximum atomic E-state index is 12.5. The highest BCUT2D eigenvalue weighted by molar-refractivity contribution is 5.99. The van der Waals surface area contributed by atoms with Crippen molar-refractivity contribution in [1.82, 2.24) is 20.6 Å². The molecule has 0 atom stereocenters. The lowest BCUT2D eigenvalue weighted by Gasteiger charge is -2.10. The van der Waals surface area contributed by atoms with Crippen LogP contribution >= 0.6 is 0 Å². The third kappa shape index (κ3) is 3.31. The second-order valence-corrected chi connectivity index (χ2v) is 6.59. The highest BCUT2D eigenvalue weighted by Crippen LogP contribution is 2.22. The van der Waals surface area contributed by atoms with Crippen molar-refractivity contribution in [3.63, 3.8) is 0 Å². The van der Waals surface area contributed by atoms with Crippen LogP contribution in [0, 0.1) is 0 Å². The number of H-pyrrole nitrogens is 1. The van der Waals surface area contributed by atoms with Gasteiger partial charge in [-0.05, 0) is 42.7 Å². The lowest BCUT2D eigenvalue weighted by atomic mass is 10.0. The third-order valence-electron chi connectivity index (χ3n) is 4.57. The summed E-state index contributed by atoms with van der Waals surface area (Å²) in [6, 6.07) is 11.6. The number of aromatic nitrogens is 2. The Balaban J connectivity index is 1.70. The first-order valence-electron chi connectivity index (χ1n) is 8.73. The minimum atomic E-state index is -0.299. The Morgan fingerprint density at radius 1 is 1.19 bits per heavy atom. The van der Waals surface area contributed by atoms with Gasteiger partial charge in [-0.3, -0.25) is 9.59 Å². The van der Waals surface area contributed by atoms with Crippen LogP contribution in [0.2, 0.25) is 0 Å². The first kappa shape index (κ1) is 16.3. The number of hydrogen-bond acceptors (Lipinski definition) is 3. The van der Waals surface area contributed by atoms with E-state index in [4.69, 9.17) is 0 Å². The van der Waals surface area contributed by atoms with Crippen LogP contribution in [0.15, 0.2) is 42.6 Å². The molecule has 6 heteroatoms.